The average Bonchev–Trinajstić information content (AvgIpc) is 2.80. The summed E-state index contributed by atoms with van der Waals surface area (Å²) < 4.78 is 1.98. The van der Waals surface area contributed by atoms with E-state index < -0.39 is 0 Å². The number of nitrogens with one attached hydrogen (secondary N) is 1. The second-order valence-electron chi connectivity index (χ2n) is 9.30. The van der Waals surface area contributed by atoms with E-state index in [2.05, 4.69) is 29.8 Å². The summed E-state index contributed by atoms with van der Waals surface area (Å²) in [7, 11) is 0. The highest BCUT2D eigenvalue weighted by Gasteiger charge is 2.37. The molecule has 5 nitrogen and oxygen atoms in total. The van der Waals surface area contributed by atoms with Gasteiger partial charge in [0.25, 0.3) is 5.56 Å². The largest absolute Gasteiger partial charge is 0.335 e. The first-order valence-corrected chi connectivity index (χ1v) is 12.8. The Labute approximate surface area is 188 Å². The molecule has 1 N–H and O–H groups in total. The summed E-state index contributed by atoms with van der Waals surface area (Å²) in [6, 6.07) is 12.7. The van der Waals surface area contributed by atoms with Gasteiger partial charge in [0.2, 0.25) is 0 Å². The number of nitrogens with zero attached hydrogens (tertiary/aromatic N) is 2. The third-order valence-electron chi connectivity index (χ3n) is 7.23. The summed E-state index contributed by atoms with van der Waals surface area (Å²) in [5, 5.41) is 3.27. The molecule has 5 rings (SSSR count). The van der Waals surface area contributed by atoms with Crippen molar-refractivity contribution in [2.75, 3.05) is 19.3 Å². The van der Waals surface area contributed by atoms with Gasteiger partial charge in [-0.25, -0.2) is 4.79 Å². The second-order valence-corrected chi connectivity index (χ2v) is 10.2. The number of amides is 2. The van der Waals surface area contributed by atoms with Crippen molar-refractivity contribution in [1.82, 2.24) is 14.8 Å². The molecular formula is C25H31N3O2S. The zero-order chi connectivity index (χ0) is 21.4. The Morgan fingerprint density at radius 1 is 1.00 bits per heavy atom. The van der Waals surface area contributed by atoms with E-state index in [1.165, 1.54) is 24.2 Å². The molecule has 2 amide bonds. The molecule has 2 fully saturated rings. The number of thioether (sulfide) groups is 1. The van der Waals surface area contributed by atoms with E-state index >= 15 is 0 Å². The number of pyridine rings is 1. The quantitative estimate of drug-likeness (QED) is 0.708. The highest BCUT2D eigenvalue weighted by molar-refractivity contribution is 7.98. The van der Waals surface area contributed by atoms with E-state index in [1.54, 1.807) is 11.8 Å². The Bertz CT molecular complexity index is 1010. The van der Waals surface area contributed by atoms with Crippen LogP contribution in [0.4, 0.5) is 4.79 Å². The molecule has 1 aliphatic carbocycles. The molecule has 3 aliphatic rings. The third kappa shape index (κ3) is 4.14. The maximum Gasteiger partial charge on any atom is 0.317 e. The van der Waals surface area contributed by atoms with Gasteiger partial charge in [-0.15, -0.1) is 11.8 Å². The molecule has 0 spiro atoms. The van der Waals surface area contributed by atoms with Crippen LogP contribution in [-0.4, -0.2) is 40.9 Å². The first-order valence-electron chi connectivity index (χ1n) is 11.6. The zero-order valence-corrected chi connectivity index (χ0v) is 19.0. The van der Waals surface area contributed by atoms with Gasteiger partial charge in [0.15, 0.2) is 0 Å². The Hall–Kier alpha value is -2.21. The summed E-state index contributed by atoms with van der Waals surface area (Å²) in [5.74, 6) is 0.584. The third-order valence-corrected chi connectivity index (χ3v) is 7.97. The fraction of sp³-hybridized carbons (Fsp3) is 0.520. The lowest BCUT2D eigenvalue weighted by Gasteiger charge is -2.43. The summed E-state index contributed by atoms with van der Waals surface area (Å²) in [4.78, 5) is 29.4. The Morgan fingerprint density at radius 2 is 1.77 bits per heavy atom. The first-order chi connectivity index (χ1) is 15.1. The van der Waals surface area contributed by atoms with Crippen LogP contribution in [0.3, 0.4) is 0 Å². The van der Waals surface area contributed by atoms with Crippen LogP contribution in [0, 0.1) is 5.92 Å². The smallest absolute Gasteiger partial charge is 0.317 e. The van der Waals surface area contributed by atoms with Gasteiger partial charge in [-0.3, -0.25) is 4.79 Å². The lowest BCUT2D eigenvalue weighted by atomic mass is 9.83. The van der Waals surface area contributed by atoms with Crippen molar-refractivity contribution < 1.29 is 4.79 Å². The monoisotopic (exact) mass is 437 g/mol. The number of rotatable bonds is 3. The maximum atomic E-state index is 13.3. The minimum atomic E-state index is 0.0860. The van der Waals surface area contributed by atoms with Gasteiger partial charge >= 0.3 is 6.03 Å². The van der Waals surface area contributed by atoms with Gasteiger partial charge < -0.3 is 14.8 Å². The van der Waals surface area contributed by atoms with Crippen LogP contribution >= 0.6 is 11.8 Å². The normalized spacial score (nSPS) is 23.3. The number of hydrogen-bond donors (Lipinski definition) is 1. The average molecular weight is 438 g/mol. The molecule has 1 aromatic carbocycles. The first kappa shape index (κ1) is 20.7. The number of hydrogen-bond acceptors (Lipinski definition) is 3. The van der Waals surface area contributed by atoms with Gasteiger partial charge in [-0.2, -0.15) is 0 Å². The van der Waals surface area contributed by atoms with Crippen molar-refractivity contribution in [3.63, 3.8) is 0 Å². The van der Waals surface area contributed by atoms with Gasteiger partial charge in [0.1, 0.15) is 0 Å². The summed E-state index contributed by atoms with van der Waals surface area (Å²) >= 11 is 1.70. The molecule has 2 atom stereocenters. The number of piperidine rings is 1. The molecule has 0 unspecified atom stereocenters. The fourth-order valence-electron chi connectivity index (χ4n) is 5.61. The van der Waals surface area contributed by atoms with Crippen LogP contribution in [-0.2, 0) is 6.54 Å². The van der Waals surface area contributed by atoms with Crippen molar-refractivity contribution in [2.45, 2.75) is 61.9 Å². The zero-order valence-electron chi connectivity index (χ0n) is 18.2. The molecule has 164 valence electrons. The molecule has 31 heavy (non-hydrogen) atoms. The molecule has 1 saturated carbocycles. The Kier molecular flexibility index (Phi) is 5.83. The van der Waals surface area contributed by atoms with Crippen LogP contribution in [0.15, 0.2) is 46.1 Å². The van der Waals surface area contributed by atoms with Crippen molar-refractivity contribution in [3.05, 3.63) is 52.4 Å². The van der Waals surface area contributed by atoms with Crippen molar-refractivity contribution in [2.24, 2.45) is 5.92 Å². The number of carbonyl (C=O) groups excluding carboxylic acids is 1. The van der Waals surface area contributed by atoms with Gasteiger partial charge in [-0.1, -0.05) is 31.4 Å². The van der Waals surface area contributed by atoms with Crippen molar-refractivity contribution in [1.29, 1.82) is 0 Å². The van der Waals surface area contributed by atoms with E-state index in [1.807, 2.05) is 27.7 Å². The Morgan fingerprint density at radius 3 is 2.52 bits per heavy atom. The minimum Gasteiger partial charge on any atom is -0.335 e. The standard InChI is InChI=1S/C25H31N3O2S/c1-31-21-9-7-18(8-10-21)22-11-12-23-19-13-17(15-28(23)24(22)29)14-27(16-19)25(30)26-20-5-3-2-4-6-20/h7-12,17,19-20H,2-6,13-16H2,1H3,(H,26,30)/t17-,19+/m0/s1. The van der Waals surface area contributed by atoms with Crippen LogP contribution < -0.4 is 10.9 Å². The molecule has 6 heteroatoms. The van der Waals surface area contributed by atoms with Gasteiger partial charge in [-0.05, 0) is 61.3 Å². The Balaban J connectivity index is 1.35. The van der Waals surface area contributed by atoms with Crippen LogP contribution in [0.2, 0.25) is 0 Å². The van der Waals surface area contributed by atoms with Crippen molar-refractivity contribution >= 4 is 17.8 Å². The molecular weight excluding hydrogens is 406 g/mol. The molecule has 1 saturated heterocycles. The molecule has 1 aromatic heterocycles. The predicted molar refractivity (Wildman–Crippen MR) is 126 cm³/mol. The minimum absolute atomic E-state index is 0.0860. The van der Waals surface area contributed by atoms with Crippen LogP contribution in [0.25, 0.3) is 11.1 Å². The van der Waals surface area contributed by atoms with Gasteiger partial charge in [0, 0.05) is 47.7 Å². The van der Waals surface area contributed by atoms with Gasteiger partial charge in [0.05, 0.1) is 0 Å². The molecule has 0 radical (unpaired) electrons. The topological polar surface area (TPSA) is 54.3 Å². The maximum absolute atomic E-state index is 13.3. The number of likely N-dealkylation sites (tertiary alicyclic amines) is 1. The SMILES string of the molecule is CSc1ccc(-c2ccc3n(c2=O)C[C@H]2C[C@@H]3CN(C(=O)NC3CCCCC3)C2)cc1. The molecule has 3 heterocycles. The molecule has 2 aliphatic heterocycles. The van der Waals surface area contributed by atoms with E-state index in [4.69, 9.17) is 0 Å². The number of fused-ring (bicyclic) bond motifs is 4. The molecule has 2 bridgehead atoms. The van der Waals surface area contributed by atoms with E-state index in [0.29, 0.717) is 25.0 Å². The fourth-order valence-corrected chi connectivity index (χ4v) is 6.02. The van der Waals surface area contributed by atoms with Crippen molar-refractivity contribution in [3.8, 4) is 11.1 Å². The number of benzene rings is 1. The lowest BCUT2D eigenvalue weighted by Crippen LogP contribution is -2.53. The summed E-state index contributed by atoms with van der Waals surface area (Å²) in [6.45, 7) is 2.15. The molecule has 2 aromatic rings. The van der Waals surface area contributed by atoms with E-state index in [9.17, 15) is 9.59 Å². The summed E-state index contributed by atoms with van der Waals surface area (Å²) in [5.41, 5.74) is 2.93. The lowest BCUT2D eigenvalue weighted by molar-refractivity contribution is 0.127. The van der Waals surface area contributed by atoms with Crippen LogP contribution in [0.5, 0.6) is 0 Å². The number of aromatic nitrogens is 1. The number of urea groups is 1. The number of carbonyl (C=O) groups is 1. The highest BCUT2D eigenvalue weighted by Crippen LogP contribution is 2.36. The highest BCUT2D eigenvalue weighted by atomic mass is 32.2. The summed E-state index contributed by atoms with van der Waals surface area (Å²) in [6.07, 6.45) is 9.05. The van der Waals surface area contributed by atoms with E-state index in [0.717, 1.165) is 42.6 Å². The van der Waals surface area contributed by atoms with Crippen LogP contribution in [0.1, 0.15) is 50.1 Å². The second kappa shape index (κ2) is 8.73. The van der Waals surface area contributed by atoms with E-state index in [-0.39, 0.29) is 17.5 Å². The predicted octanol–water partition coefficient (Wildman–Crippen LogP) is 4.70.